The van der Waals surface area contributed by atoms with E-state index in [0.717, 1.165) is 57.2 Å². The summed E-state index contributed by atoms with van der Waals surface area (Å²) in [6.45, 7) is 6.73. The molecule has 6 nitrogen and oxygen atoms in total. The molecule has 2 fully saturated rings. The summed E-state index contributed by atoms with van der Waals surface area (Å²) in [5.74, 6) is 2.00. The van der Waals surface area contributed by atoms with Crippen LogP contribution < -0.4 is 19.7 Å². The summed E-state index contributed by atoms with van der Waals surface area (Å²) < 4.78 is 26.1. The molecule has 29 heavy (non-hydrogen) atoms. The molecular weight excluding hydrogens is 366 g/mol. The predicted molar refractivity (Wildman–Crippen MR) is 115 cm³/mol. The van der Waals surface area contributed by atoms with Gasteiger partial charge in [0.2, 0.25) is 12.7 Å². The van der Waals surface area contributed by atoms with Crippen LogP contribution in [0.25, 0.3) is 0 Å². The molecule has 1 N–H and O–H groups in total. The van der Waals surface area contributed by atoms with Gasteiger partial charge in [-0.2, -0.15) is 0 Å². The number of piperazine rings is 1. The van der Waals surface area contributed by atoms with Gasteiger partial charge in [0.15, 0.2) is 11.5 Å². The summed E-state index contributed by atoms with van der Waals surface area (Å²) in [6, 6.07) is 5.99. The fourth-order valence-electron chi connectivity index (χ4n) is 4.58. The molecule has 3 aliphatic rings. The number of hydrogen-bond acceptors (Lipinski definition) is 5. The van der Waals surface area contributed by atoms with Gasteiger partial charge < -0.3 is 19.7 Å². The third-order valence-corrected chi connectivity index (χ3v) is 6.54. The van der Waals surface area contributed by atoms with Gasteiger partial charge >= 0.3 is 0 Å². The molecule has 1 aliphatic carbocycles. The largest absolute Gasteiger partial charge is 0.454 e. The molecule has 0 aromatic heterocycles. The Labute approximate surface area is 177 Å². The first-order valence-corrected chi connectivity index (χ1v) is 11.1. The number of para-hydroxylation sites is 1. The average molecular weight is 404 g/mol. The van der Waals surface area contributed by atoms with Crippen molar-refractivity contribution in [3.8, 4) is 11.5 Å². The van der Waals surface area contributed by atoms with E-state index >= 15 is 0 Å². The summed E-state index contributed by atoms with van der Waals surface area (Å²) in [4.78, 5) is 16.7. The van der Waals surface area contributed by atoms with Crippen LogP contribution in [0.1, 0.15) is 48.7 Å². The van der Waals surface area contributed by atoms with Gasteiger partial charge in [0.05, 0.1) is 5.69 Å². The number of anilines is 1. The molecule has 2 heterocycles. The van der Waals surface area contributed by atoms with Crippen LogP contribution in [0.5, 0.6) is 11.5 Å². The lowest BCUT2D eigenvalue weighted by Crippen LogP contribution is -2.47. The number of rotatable bonds is 6. The molecule has 0 bridgehead atoms. The molecule has 1 saturated heterocycles. The highest BCUT2D eigenvalue weighted by atomic mass is 16.7. The van der Waals surface area contributed by atoms with Crippen LogP contribution in [0, 0.1) is 11.8 Å². The number of carbonyl (C=O) groups excluding carboxylic acids is 1. The van der Waals surface area contributed by atoms with Crippen LogP contribution in [-0.4, -0.2) is 56.3 Å². The Balaban J connectivity index is 1.19. The highest BCUT2D eigenvalue weighted by Gasteiger charge is 2.26. The lowest BCUT2D eigenvalue weighted by atomic mass is 9.84. The molecule has 0 atom stereocenters. The zero-order valence-electron chi connectivity index (χ0n) is 19.7. The molecule has 4 rings (SSSR count). The van der Waals surface area contributed by atoms with Gasteiger partial charge in [-0.25, -0.2) is 0 Å². The highest BCUT2D eigenvalue weighted by molar-refractivity contribution is 5.78. The molecule has 6 heteroatoms. The van der Waals surface area contributed by atoms with Gasteiger partial charge in [0.1, 0.15) is 2.74 Å². The fourth-order valence-corrected chi connectivity index (χ4v) is 4.58. The molecule has 1 aromatic carbocycles. The van der Waals surface area contributed by atoms with Gasteiger partial charge in [-0.15, -0.1) is 0 Å². The molecule has 2 aliphatic heterocycles. The minimum atomic E-state index is -2.09. The van der Waals surface area contributed by atoms with Crippen molar-refractivity contribution >= 4 is 11.6 Å². The number of ether oxygens (including phenoxy) is 2. The standard InChI is InChI=1S/C23H35N3O3/c1-17(2)23(27)24-19-8-6-18(7-9-19)10-11-25-12-14-26(15-13-25)20-4-3-5-21-22(20)29-16-28-21/h3-5,17-19H,6-16H2,1-2H3,(H,24,27)/i16D2. The SMILES string of the molecule is [2H]C1([2H])Oc2cccc(N3CCN(CCC4CCC(NC(=O)C(C)C)CC4)CC3)c2O1. The molecule has 1 aromatic rings. The number of fused-ring (bicyclic) bond motifs is 1. The third-order valence-electron chi connectivity index (χ3n) is 6.54. The summed E-state index contributed by atoms with van der Waals surface area (Å²) in [5.41, 5.74) is 0.917. The van der Waals surface area contributed by atoms with Crippen molar-refractivity contribution in [1.82, 2.24) is 10.2 Å². The number of nitrogens with one attached hydrogen (secondary N) is 1. The lowest BCUT2D eigenvalue weighted by Gasteiger charge is -2.37. The number of nitrogens with zero attached hydrogens (tertiary/aromatic N) is 2. The second-order valence-electron chi connectivity index (χ2n) is 8.89. The van der Waals surface area contributed by atoms with E-state index in [0.29, 0.717) is 17.5 Å². The Hall–Kier alpha value is -1.95. The third kappa shape index (κ3) is 4.97. The highest BCUT2D eigenvalue weighted by Crippen LogP contribution is 2.41. The smallest absolute Gasteiger partial charge is 0.231 e. The van der Waals surface area contributed by atoms with Gasteiger partial charge in [0, 0.05) is 38.1 Å². The van der Waals surface area contributed by atoms with E-state index in [1.807, 2.05) is 26.0 Å². The summed E-state index contributed by atoms with van der Waals surface area (Å²) >= 11 is 0. The van der Waals surface area contributed by atoms with Gasteiger partial charge in [-0.1, -0.05) is 19.9 Å². The monoisotopic (exact) mass is 403 g/mol. The summed E-state index contributed by atoms with van der Waals surface area (Å²) in [5, 5.41) is 3.19. The van der Waals surface area contributed by atoms with Crippen LogP contribution in [-0.2, 0) is 4.79 Å². The van der Waals surface area contributed by atoms with Crippen molar-refractivity contribution in [2.24, 2.45) is 11.8 Å². The summed E-state index contributed by atoms with van der Waals surface area (Å²) in [7, 11) is 0. The van der Waals surface area contributed by atoms with Crippen molar-refractivity contribution in [2.45, 2.75) is 52.0 Å². The first kappa shape index (κ1) is 17.9. The van der Waals surface area contributed by atoms with Crippen LogP contribution in [0.2, 0.25) is 0 Å². The molecular formula is C23H35N3O3. The van der Waals surface area contributed by atoms with E-state index < -0.39 is 6.75 Å². The number of amides is 1. The van der Waals surface area contributed by atoms with E-state index in [1.54, 1.807) is 6.07 Å². The minimum absolute atomic E-state index is 0.0638. The maximum Gasteiger partial charge on any atom is 0.231 e. The second-order valence-corrected chi connectivity index (χ2v) is 8.89. The Bertz CT molecular complexity index is 773. The second kappa shape index (κ2) is 9.24. The Morgan fingerprint density at radius 2 is 1.93 bits per heavy atom. The van der Waals surface area contributed by atoms with Crippen molar-refractivity contribution in [3.05, 3.63) is 18.2 Å². The first-order chi connectivity index (χ1) is 14.8. The molecule has 0 unspecified atom stereocenters. The maximum atomic E-state index is 11.9. The zero-order chi connectivity index (χ0) is 22.0. The van der Waals surface area contributed by atoms with Crippen LogP contribution in [0.4, 0.5) is 5.69 Å². The lowest BCUT2D eigenvalue weighted by molar-refractivity contribution is -0.125. The van der Waals surface area contributed by atoms with Gasteiger partial charge in [0.25, 0.3) is 0 Å². The van der Waals surface area contributed by atoms with E-state index in [1.165, 1.54) is 19.3 Å². The number of hydrogen-bond donors (Lipinski definition) is 1. The van der Waals surface area contributed by atoms with E-state index in [2.05, 4.69) is 15.1 Å². The van der Waals surface area contributed by atoms with E-state index in [9.17, 15) is 4.79 Å². The summed E-state index contributed by atoms with van der Waals surface area (Å²) in [6.07, 6.45) is 5.84. The average Bonchev–Trinajstić information content (AvgIpc) is 3.07. The molecule has 0 spiro atoms. The normalized spacial score (nSPS) is 27.5. The maximum absolute atomic E-state index is 11.9. The fraction of sp³-hybridized carbons (Fsp3) is 0.696. The minimum Gasteiger partial charge on any atom is -0.454 e. The molecule has 1 saturated carbocycles. The van der Waals surface area contributed by atoms with Gasteiger partial charge in [-0.3, -0.25) is 9.69 Å². The van der Waals surface area contributed by atoms with E-state index in [-0.39, 0.29) is 11.8 Å². The predicted octanol–water partition coefficient (Wildman–Crippen LogP) is 3.26. The Morgan fingerprint density at radius 3 is 2.66 bits per heavy atom. The molecule has 1 amide bonds. The quantitative estimate of drug-likeness (QED) is 0.790. The van der Waals surface area contributed by atoms with Crippen LogP contribution in [0.15, 0.2) is 18.2 Å². The topological polar surface area (TPSA) is 54.0 Å². The van der Waals surface area contributed by atoms with Crippen LogP contribution >= 0.6 is 0 Å². The van der Waals surface area contributed by atoms with Crippen molar-refractivity contribution < 1.29 is 17.0 Å². The number of carbonyl (C=O) groups is 1. The Morgan fingerprint density at radius 1 is 1.17 bits per heavy atom. The van der Waals surface area contributed by atoms with Crippen molar-refractivity contribution in [1.29, 1.82) is 0 Å². The first-order valence-electron chi connectivity index (χ1n) is 12.1. The van der Waals surface area contributed by atoms with Gasteiger partial charge in [-0.05, 0) is 56.7 Å². The van der Waals surface area contributed by atoms with Crippen molar-refractivity contribution in [3.63, 3.8) is 0 Å². The molecule has 160 valence electrons. The van der Waals surface area contributed by atoms with Crippen molar-refractivity contribution in [2.75, 3.05) is 44.4 Å². The molecule has 0 radical (unpaired) electrons. The Kier molecular flexibility index (Phi) is 5.70. The van der Waals surface area contributed by atoms with E-state index in [4.69, 9.17) is 12.2 Å². The number of benzene rings is 1. The zero-order valence-corrected chi connectivity index (χ0v) is 17.7. The van der Waals surface area contributed by atoms with Crippen LogP contribution in [0.3, 0.4) is 0 Å².